The average Bonchev–Trinajstić information content (AvgIpc) is 2.75. The maximum atomic E-state index is 12.5. The summed E-state index contributed by atoms with van der Waals surface area (Å²) < 4.78 is 5.23. The third-order valence-corrected chi connectivity index (χ3v) is 5.26. The van der Waals surface area contributed by atoms with Gasteiger partial charge in [-0.05, 0) is 42.8 Å². The van der Waals surface area contributed by atoms with E-state index >= 15 is 0 Å². The first kappa shape index (κ1) is 19.3. The Morgan fingerprint density at radius 1 is 1.14 bits per heavy atom. The molecule has 0 spiro atoms. The first-order valence-corrected chi connectivity index (χ1v) is 10.1. The van der Waals surface area contributed by atoms with Gasteiger partial charge in [-0.25, -0.2) is 4.98 Å². The lowest BCUT2D eigenvalue weighted by Crippen LogP contribution is -2.36. The molecule has 1 aromatic carbocycles. The molecule has 2 aromatic heterocycles. The maximum absolute atomic E-state index is 12.5. The fourth-order valence-electron chi connectivity index (χ4n) is 3.74. The molecule has 0 aliphatic carbocycles. The molecule has 3 heterocycles. The van der Waals surface area contributed by atoms with Crippen LogP contribution in [-0.4, -0.2) is 33.5 Å². The van der Waals surface area contributed by atoms with Gasteiger partial charge in [0.05, 0.1) is 29.8 Å². The van der Waals surface area contributed by atoms with Crippen molar-refractivity contribution >= 4 is 0 Å². The molecule has 0 bridgehead atoms. The molecule has 1 aliphatic heterocycles. The van der Waals surface area contributed by atoms with Gasteiger partial charge in [0.1, 0.15) is 11.6 Å². The number of hydrogen-bond acceptors (Lipinski definition) is 5. The van der Waals surface area contributed by atoms with E-state index in [9.17, 15) is 4.79 Å². The molecule has 0 amide bonds. The summed E-state index contributed by atoms with van der Waals surface area (Å²) in [4.78, 5) is 27.2. The zero-order valence-electron chi connectivity index (χ0n) is 16.9. The Bertz CT molecular complexity index is 1040. The van der Waals surface area contributed by atoms with Crippen LogP contribution in [-0.2, 0) is 25.9 Å². The summed E-state index contributed by atoms with van der Waals surface area (Å²) in [5.41, 5.74) is 4.74. The quantitative estimate of drug-likeness (QED) is 0.699. The topological polar surface area (TPSA) is 71.1 Å². The summed E-state index contributed by atoms with van der Waals surface area (Å²) in [5.74, 6) is 1.64. The van der Waals surface area contributed by atoms with Gasteiger partial charge in [0, 0.05) is 38.0 Å². The second-order valence-electron chi connectivity index (χ2n) is 7.39. The number of aromatic nitrogens is 3. The molecule has 3 aromatic rings. The summed E-state index contributed by atoms with van der Waals surface area (Å²) in [6.07, 6.45) is 2.59. The van der Waals surface area contributed by atoms with Crippen LogP contribution in [0.1, 0.15) is 36.1 Å². The minimum atomic E-state index is 0.00286. The molecule has 1 aliphatic rings. The fraction of sp³-hybridized carbons (Fsp3) is 0.348. The van der Waals surface area contributed by atoms with E-state index in [1.165, 1.54) is 0 Å². The van der Waals surface area contributed by atoms with E-state index in [1.807, 2.05) is 42.5 Å². The summed E-state index contributed by atoms with van der Waals surface area (Å²) >= 11 is 0. The number of nitrogens with one attached hydrogen (secondary N) is 1. The van der Waals surface area contributed by atoms with E-state index in [4.69, 9.17) is 9.72 Å². The van der Waals surface area contributed by atoms with Crippen molar-refractivity contribution in [2.75, 3.05) is 13.7 Å². The van der Waals surface area contributed by atoms with Crippen LogP contribution in [0.5, 0.6) is 5.75 Å². The van der Waals surface area contributed by atoms with Crippen molar-refractivity contribution in [1.82, 2.24) is 19.9 Å². The monoisotopic (exact) mass is 390 g/mol. The zero-order valence-corrected chi connectivity index (χ0v) is 16.9. The van der Waals surface area contributed by atoms with Crippen molar-refractivity contribution in [2.45, 2.75) is 39.3 Å². The van der Waals surface area contributed by atoms with Crippen LogP contribution in [0.25, 0.3) is 11.3 Å². The molecule has 6 heteroatoms. The first-order valence-electron chi connectivity index (χ1n) is 10.1. The smallest absolute Gasteiger partial charge is 0.255 e. The molecule has 150 valence electrons. The van der Waals surface area contributed by atoms with Crippen LogP contribution in [0.3, 0.4) is 0 Å². The lowest BCUT2D eigenvalue weighted by molar-refractivity contribution is 0.238. The zero-order chi connectivity index (χ0) is 20.2. The standard InChI is InChI=1S/C23H26N4O2/c1-3-5-22-25-21-12-13-27(15-19(21)23(28)26-22)14-17-6-4-7-20(24-17)16-8-10-18(29-2)11-9-16/h4,6-11H,3,5,12-15H2,1-2H3,(H,25,26,28). The molecule has 0 radical (unpaired) electrons. The van der Waals surface area contributed by atoms with Gasteiger partial charge in [-0.1, -0.05) is 13.0 Å². The third-order valence-electron chi connectivity index (χ3n) is 5.26. The first-order chi connectivity index (χ1) is 14.2. The van der Waals surface area contributed by atoms with Crippen molar-refractivity contribution in [3.63, 3.8) is 0 Å². The van der Waals surface area contributed by atoms with E-state index in [0.717, 1.165) is 65.6 Å². The second-order valence-corrected chi connectivity index (χ2v) is 7.39. The van der Waals surface area contributed by atoms with E-state index in [0.29, 0.717) is 13.1 Å². The van der Waals surface area contributed by atoms with Crippen molar-refractivity contribution in [1.29, 1.82) is 0 Å². The molecule has 0 saturated heterocycles. The van der Waals surface area contributed by atoms with E-state index in [-0.39, 0.29) is 5.56 Å². The Balaban J connectivity index is 1.50. The summed E-state index contributed by atoms with van der Waals surface area (Å²) in [7, 11) is 1.66. The molecule has 0 saturated carbocycles. The lowest BCUT2D eigenvalue weighted by Gasteiger charge is -2.27. The summed E-state index contributed by atoms with van der Waals surface area (Å²) in [6.45, 7) is 4.29. The average molecular weight is 390 g/mol. The number of nitrogens with zero attached hydrogens (tertiary/aromatic N) is 3. The van der Waals surface area contributed by atoms with Gasteiger partial charge in [0.2, 0.25) is 0 Å². The van der Waals surface area contributed by atoms with E-state index in [2.05, 4.69) is 21.8 Å². The highest BCUT2D eigenvalue weighted by molar-refractivity contribution is 5.60. The third kappa shape index (κ3) is 4.38. The van der Waals surface area contributed by atoms with Crippen molar-refractivity contribution in [2.24, 2.45) is 0 Å². The number of hydrogen-bond donors (Lipinski definition) is 1. The number of aromatic amines is 1. The molecular weight excluding hydrogens is 364 g/mol. The number of rotatable bonds is 6. The molecule has 6 nitrogen and oxygen atoms in total. The predicted molar refractivity (Wildman–Crippen MR) is 113 cm³/mol. The number of fused-ring (bicyclic) bond motifs is 1. The van der Waals surface area contributed by atoms with Crippen LogP contribution in [0.15, 0.2) is 47.3 Å². The highest BCUT2D eigenvalue weighted by Gasteiger charge is 2.21. The highest BCUT2D eigenvalue weighted by atomic mass is 16.5. The maximum Gasteiger partial charge on any atom is 0.255 e. The molecule has 0 unspecified atom stereocenters. The van der Waals surface area contributed by atoms with Gasteiger partial charge in [-0.2, -0.15) is 0 Å². The van der Waals surface area contributed by atoms with E-state index < -0.39 is 0 Å². The highest BCUT2D eigenvalue weighted by Crippen LogP contribution is 2.22. The van der Waals surface area contributed by atoms with Gasteiger partial charge in [0.15, 0.2) is 0 Å². The molecule has 0 fully saturated rings. The number of aryl methyl sites for hydroxylation is 1. The van der Waals surface area contributed by atoms with E-state index in [1.54, 1.807) is 7.11 Å². The second kappa shape index (κ2) is 8.57. The van der Waals surface area contributed by atoms with Crippen LogP contribution in [0.4, 0.5) is 0 Å². The Morgan fingerprint density at radius 3 is 2.72 bits per heavy atom. The van der Waals surface area contributed by atoms with Gasteiger partial charge >= 0.3 is 0 Å². The number of ether oxygens (including phenoxy) is 1. The van der Waals surface area contributed by atoms with Crippen LogP contribution < -0.4 is 10.3 Å². The minimum absolute atomic E-state index is 0.00286. The molecular formula is C23H26N4O2. The van der Waals surface area contributed by atoms with Crippen molar-refractivity contribution < 1.29 is 4.74 Å². The summed E-state index contributed by atoms with van der Waals surface area (Å²) in [6, 6.07) is 14.0. The fourth-order valence-corrected chi connectivity index (χ4v) is 3.74. The van der Waals surface area contributed by atoms with Crippen molar-refractivity contribution in [3.8, 4) is 17.0 Å². The minimum Gasteiger partial charge on any atom is -0.497 e. The normalized spacial score (nSPS) is 13.9. The van der Waals surface area contributed by atoms with Gasteiger partial charge in [-0.3, -0.25) is 14.7 Å². The number of methoxy groups -OCH3 is 1. The van der Waals surface area contributed by atoms with Crippen LogP contribution >= 0.6 is 0 Å². The molecule has 29 heavy (non-hydrogen) atoms. The number of benzene rings is 1. The summed E-state index contributed by atoms with van der Waals surface area (Å²) in [5, 5.41) is 0. The Hall–Kier alpha value is -2.99. The largest absolute Gasteiger partial charge is 0.497 e. The Morgan fingerprint density at radius 2 is 1.97 bits per heavy atom. The molecule has 4 rings (SSSR count). The van der Waals surface area contributed by atoms with Crippen LogP contribution in [0, 0.1) is 0 Å². The van der Waals surface area contributed by atoms with Gasteiger partial charge in [-0.15, -0.1) is 0 Å². The van der Waals surface area contributed by atoms with Gasteiger partial charge < -0.3 is 9.72 Å². The Labute approximate surface area is 170 Å². The molecule has 1 N–H and O–H groups in total. The number of pyridine rings is 1. The van der Waals surface area contributed by atoms with Crippen LogP contribution in [0.2, 0.25) is 0 Å². The van der Waals surface area contributed by atoms with Crippen molar-refractivity contribution in [3.05, 3.63) is 75.6 Å². The molecule has 0 atom stereocenters. The van der Waals surface area contributed by atoms with Gasteiger partial charge in [0.25, 0.3) is 5.56 Å². The Kier molecular flexibility index (Phi) is 5.71. The SMILES string of the molecule is CCCc1nc2c(c(=O)[nH]1)CN(Cc1cccc(-c3ccc(OC)cc3)n1)CC2. The predicted octanol–water partition coefficient (Wildman–Crippen LogP) is 3.35. The lowest BCUT2D eigenvalue weighted by atomic mass is 10.1. The number of H-pyrrole nitrogens is 1.